The predicted molar refractivity (Wildman–Crippen MR) is 103 cm³/mol. The third-order valence-electron chi connectivity index (χ3n) is 5.64. The Bertz CT molecular complexity index is 631. The van der Waals surface area contributed by atoms with E-state index >= 15 is 0 Å². The smallest absolute Gasteiger partial charge is 0.328 e. The second-order valence-corrected chi connectivity index (χ2v) is 7.87. The minimum Gasteiger partial charge on any atom is -0.493 e. The summed E-state index contributed by atoms with van der Waals surface area (Å²) in [6.45, 7) is 0.401. The average molecular weight is 383 g/mol. The van der Waals surface area contributed by atoms with Gasteiger partial charge >= 0.3 is 11.7 Å². The van der Waals surface area contributed by atoms with Crippen molar-refractivity contribution in [3.8, 4) is 5.88 Å². The number of aliphatic hydroxyl groups excluding tert-OH is 1. The van der Waals surface area contributed by atoms with Gasteiger partial charge in [-0.05, 0) is 38.0 Å². The zero-order chi connectivity index (χ0) is 19.6. The van der Waals surface area contributed by atoms with Gasteiger partial charge in [-0.3, -0.25) is 14.3 Å². The van der Waals surface area contributed by atoms with Crippen molar-refractivity contribution in [2.24, 2.45) is 5.92 Å². The molecular formula is C20H34N2O5. The molecule has 154 valence electrons. The molecule has 1 aliphatic carbocycles. The predicted octanol–water partition coefficient (Wildman–Crippen LogP) is 3.18. The Morgan fingerprint density at radius 2 is 1.85 bits per heavy atom. The third kappa shape index (κ3) is 7.40. The van der Waals surface area contributed by atoms with Crippen molar-refractivity contribution >= 4 is 5.97 Å². The molecule has 1 aromatic rings. The first-order chi connectivity index (χ1) is 13.0. The Hall–Kier alpha value is -1.76. The number of aliphatic hydroxyl groups is 1. The number of imidazole rings is 1. The van der Waals surface area contributed by atoms with Crippen molar-refractivity contribution in [2.45, 2.75) is 96.1 Å². The maximum atomic E-state index is 12.1. The highest BCUT2D eigenvalue weighted by Crippen LogP contribution is 2.28. The molecule has 1 atom stereocenters. The summed E-state index contributed by atoms with van der Waals surface area (Å²) in [5.41, 5.74) is 0.251. The fourth-order valence-corrected chi connectivity index (χ4v) is 4.11. The van der Waals surface area contributed by atoms with E-state index < -0.39 is 12.1 Å². The van der Waals surface area contributed by atoms with Crippen LogP contribution in [0.3, 0.4) is 0 Å². The van der Waals surface area contributed by atoms with Crippen LogP contribution in [0.1, 0.15) is 82.7 Å². The van der Waals surface area contributed by atoms with Crippen LogP contribution in [-0.4, -0.2) is 36.9 Å². The van der Waals surface area contributed by atoms with Crippen LogP contribution in [0.25, 0.3) is 0 Å². The molecule has 1 fully saturated rings. The van der Waals surface area contributed by atoms with E-state index in [0.717, 1.165) is 25.7 Å². The van der Waals surface area contributed by atoms with Crippen LogP contribution in [-0.2, 0) is 17.8 Å². The second kappa shape index (κ2) is 11.2. The van der Waals surface area contributed by atoms with E-state index in [9.17, 15) is 19.8 Å². The van der Waals surface area contributed by atoms with E-state index in [1.54, 1.807) is 0 Å². The first-order valence-electron chi connectivity index (χ1n) is 10.4. The van der Waals surface area contributed by atoms with Crippen LogP contribution >= 0.6 is 0 Å². The van der Waals surface area contributed by atoms with Crippen LogP contribution in [0.2, 0.25) is 0 Å². The molecule has 0 radical (unpaired) electrons. The summed E-state index contributed by atoms with van der Waals surface area (Å²) >= 11 is 0. The first-order valence-corrected chi connectivity index (χ1v) is 10.4. The third-order valence-corrected chi connectivity index (χ3v) is 5.64. The average Bonchev–Trinajstić information content (AvgIpc) is 2.89. The number of nitrogens with one attached hydrogen (secondary N) is 1. The van der Waals surface area contributed by atoms with Crippen molar-refractivity contribution < 1.29 is 20.1 Å². The summed E-state index contributed by atoms with van der Waals surface area (Å²) in [6.07, 6.45) is 10.9. The fraction of sp³-hybridized carbons (Fsp3) is 0.800. The van der Waals surface area contributed by atoms with E-state index in [4.69, 9.17) is 5.11 Å². The lowest BCUT2D eigenvalue weighted by molar-refractivity contribution is -0.137. The van der Waals surface area contributed by atoms with Gasteiger partial charge in [-0.15, -0.1) is 0 Å². The van der Waals surface area contributed by atoms with E-state index in [1.165, 1.54) is 36.7 Å². The number of aromatic nitrogens is 2. The van der Waals surface area contributed by atoms with Crippen LogP contribution in [0, 0.1) is 5.92 Å². The van der Waals surface area contributed by atoms with Crippen molar-refractivity contribution in [3.05, 3.63) is 16.2 Å². The molecule has 1 aliphatic rings. The normalized spacial score (nSPS) is 16.5. The molecule has 1 saturated carbocycles. The summed E-state index contributed by atoms with van der Waals surface area (Å²) in [6, 6.07) is 0. The summed E-state index contributed by atoms with van der Waals surface area (Å²) in [7, 11) is 0. The zero-order valence-corrected chi connectivity index (χ0v) is 16.2. The van der Waals surface area contributed by atoms with E-state index in [-0.39, 0.29) is 18.0 Å². The maximum Gasteiger partial charge on any atom is 0.328 e. The van der Waals surface area contributed by atoms with Crippen molar-refractivity contribution in [3.63, 3.8) is 0 Å². The number of carboxylic acid groups (broad SMARTS) is 1. The van der Waals surface area contributed by atoms with Gasteiger partial charge in [0, 0.05) is 13.0 Å². The minimum absolute atomic E-state index is 0.0905. The molecule has 0 bridgehead atoms. The molecule has 1 heterocycles. The number of rotatable bonds is 12. The number of aromatic hydroxyl groups is 1. The summed E-state index contributed by atoms with van der Waals surface area (Å²) in [5, 5.41) is 29.0. The first kappa shape index (κ1) is 21.5. The van der Waals surface area contributed by atoms with Gasteiger partial charge in [0.15, 0.2) is 0 Å². The summed E-state index contributed by atoms with van der Waals surface area (Å²) < 4.78 is 1.54. The number of aromatic amines is 1. The van der Waals surface area contributed by atoms with Gasteiger partial charge in [-0.1, -0.05) is 44.9 Å². The number of H-pyrrole nitrogens is 1. The second-order valence-electron chi connectivity index (χ2n) is 7.87. The van der Waals surface area contributed by atoms with Gasteiger partial charge < -0.3 is 15.3 Å². The van der Waals surface area contributed by atoms with E-state index in [2.05, 4.69) is 4.98 Å². The highest BCUT2D eigenvalue weighted by molar-refractivity contribution is 5.66. The maximum absolute atomic E-state index is 12.1. The zero-order valence-electron chi connectivity index (χ0n) is 16.2. The Kier molecular flexibility index (Phi) is 8.91. The number of aliphatic carboxylic acids is 1. The van der Waals surface area contributed by atoms with Crippen LogP contribution < -0.4 is 5.69 Å². The largest absolute Gasteiger partial charge is 0.493 e. The molecule has 0 amide bonds. The molecule has 0 aliphatic heterocycles. The quantitative estimate of drug-likeness (QED) is 0.414. The summed E-state index contributed by atoms with van der Waals surface area (Å²) in [4.78, 5) is 25.0. The molecule has 1 unspecified atom stereocenters. The topological polar surface area (TPSA) is 116 Å². The Morgan fingerprint density at radius 3 is 2.56 bits per heavy atom. The molecular weight excluding hydrogens is 348 g/mol. The number of unbranched alkanes of at least 4 members (excludes halogenated alkanes) is 3. The summed E-state index contributed by atoms with van der Waals surface area (Å²) in [5.74, 6) is -0.276. The van der Waals surface area contributed by atoms with E-state index in [0.29, 0.717) is 37.4 Å². The highest BCUT2D eigenvalue weighted by Gasteiger charge is 2.19. The van der Waals surface area contributed by atoms with Crippen molar-refractivity contribution in [1.29, 1.82) is 0 Å². The SMILES string of the molecule is O=C(O)CCCCCCc1c(O)[nH]c(=O)n1CCC(O)CC1CCCCC1. The van der Waals surface area contributed by atoms with Gasteiger partial charge in [-0.25, -0.2) is 4.79 Å². The fourth-order valence-electron chi connectivity index (χ4n) is 4.11. The van der Waals surface area contributed by atoms with Gasteiger partial charge in [0.05, 0.1) is 11.8 Å². The van der Waals surface area contributed by atoms with Gasteiger partial charge in [-0.2, -0.15) is 0 Å². The lowest BCUT2D eigenvalue weighted by Crippen LogP contribution is -2.23. The molecule has 4 N–H and O–H groups in total. The highest BCUT2D eigenvalue weighted by atomic mass is 16.4. The van der Waals surface area contributed by atoms with Gasteiger partial charge in [0.1, 0.15) is 0 Å². The standard InChI is InChI=1S/C20H34N2O5/c23-16(14-15-8-4-3-5-9-15)12-13-22-17(19(26)21-20(22)27)10-6-1-2-7-11-18(24)25/h15-16,23,26H,1-14H2,(H,21,27)(H,24,25). The van der Waals surface area contributed by atoms with Gasteiger partial charge in [0.25, 0.3) is 0 Å². The van der Waals surface area contributed by atoms with Crippen LogP contribution in [0.4, 0.5) is 0 Å². The number of hydrogen-bond donors (Lipinski definition) is 4. The monoisotopic (exact) mass is 382 g/mol. The number of carboxylic acids is 1. The van der Waals surface area contributed by atoms with E-state index in [1.807, 2.05) is 0 Å². The van der Waals surface area contributed by atoms with Crippen molar-refractivity contribution in [1.82, 2.24) is 9.55 Å². The molecule has 27 heavy (non-hydrogen) atoms. The van der Waals surface area contributed by atoms with Crippen LogP contribution in [0.5, 0.6) is 5.88 Å². The Labute approximate surface area is 160 Å². The van der Waals surface area contributed by atoms with Crippen LogP contribution in [0.15, 0.2) is 4.79 Å². The number of hydrogen-bond acceptors (Lipinski definition) is 4. The lowest BCUT2D eigenvalue weighted by Gasteiger charge is -2.24. The number of carbonyl (C=O) groups is 1. The molecule has 7 heteroatoms. The van der Waals surface area contributed by atoms with Crippen molar-refractivity contribution in [2.75, 3.05) is 0 Å². The molecule has 0 aromatic carbocycles. The molecule has 1 aromatic heterocycles. The number of nitrogens with zero attached hydrogens (tertiary/aromatic N) is 1. The molecule has 0 spiro atoms. The minimum atomic E-state index is -0.779. The van der Waals surface area contributed by atoms with Gasteiger partial charge in [0.2, 0.25) is 5.88 Å². The lowest BCUT2D eigenvalue weighted by atomic mass is 9.85. The Morgan fingerprint density at radius 1 is 1.15 bits per heavy atom. The molecule has 2 rings (SSSR count). The Balaban J connectivity index is 1.78. The molecule has 0 saturated heterocycles. The molecule has 7 nitrogen and oxygen atoms in total.